The number of sulfone groups is 1. The van der Waals surface area contributed by atoms with Gasteiger partial charge in [0.25, 0.3) is 0 Å². The van der Waals surface area contributed by atoms with Crippen molar-refractivity contribution in [3.8, 4) is 0 Å². The summed E-state index contributed by atoms with van der Waals surface area (Å²) in [6.45, 7) is 7.02. The van der Waals surface area contributed by atoms with Crippen LogP contribution in [0.4, 0.5) is 0 Å². The SMILES string of the molecule is Cc1ccc(C)c(C(=O)OCC(=O)c2cc(C)n([C@@H]3CCS(=O)(=O)C3)c2C)c1. The van der Waals surface area contributed by atoms with E-state index in [4.69, 9.17) is 4.74 Å². The highest BCUT2D eigenvalue weighted by atomic mass is 32.2. The standard InChI is InChI=1S/C21H25NO5S/c1-13-5-6-14(2)18(9-13)21(24)27-11-20(23)19-10-15(3)22(16(19)4)17-7-8-28(25,26)12-17/h5-6,9-10,17H,7-8,11-12H2,1-4H3/t17-/m1/s1. The monoisotopic (exact) mass is 403 g/mol. The minimum Gasteiger partial charge on any atom is -0.454 e. The Kier molecular flexibility index (Phi) is 5.48. The number of aromatic nitrogens is 1. The van der Waals surface area contributed by atoms with E-state index in [1.54, 1.807) is 19.1 Å². The molecular formula is C21H25NO5S. The maximum absolute atomic E-state index is 12.7. The Morgan fingerprint density at radius 1 is 1.11 bits per heavy atom. The number of ether oxygens (including phenoxy) is 1. The molecule has 150 valence electrons. The summed E-state index contributed by atoms with van der Waals surface area (Å²) < 4.78 is 30.8. The second-order valence-electron chi connectivity index (χ2n) is 7.53. The minimum atomic E-state index is -3.02. The number of esters is 1. The predicted octanol–water partition coefficient (Wildman–Crippen LogP) is 3.12. The molecule has 0 saturated carbocycles. The summed E-state index contributed by atoms with van der Waals surface area (Å²) >= 11 is 0. The van der Waals surface area contributed by atoms with Crippen LogP contribution in [0.1, 0.15) is 55.7 Å². The fourth-order valence-corrected chi connectivity index (χ4v) is 5.54. The van der Waals surface area contributed by atoms with Crippen LogP contribution in [-0.4, -0.2) is 42.9 Å². The molecule has 0 unspecified atom stereocenters. The number of nitrogens with zero attached hydrogens (tertiary/aromatic N) is 1. The fourth-order valence-electron chi connectivity index (χ4n) is 3.84. The van der Waals surface area contributed by atoms with Crippen molar-refractivity contribution in [2.24, 2.45) is 0 Å². The molecule has 6 nitrogen and oxygen atoms in total. The maximum atomic E-state index is 12.7. The van der Waals surface area contributed by atoms with Crippen LogP contribution in [0.3, 0.4) is 0 Å². The van der Waals surface area contributed by atoms with Crippen LogP contribution in [0.2, 0.25) is 0 Å². The summed E-state index contributed by atoms with van der Waals surface area (Å²) in [6, 6.07) is 7.10. The van der Waals surface area contributed by atoms with Crippen molar-refractivity contribution in [3.63, 3.8) is 0 Å². The molecule has 2 heterocycles. The third-order valence-corrected chi connectivity index (χ3v) is 7.06. The van der Waals surface area contributed by atoms with Crippen molar-refractivity contribution in [1.82, 2.24) is 4.57 Å². The Morgan fingerprint density at radius 3 is 2.46 bits per heavy atom. The third-order valence-electron chi connectivity index (χ3n) is 5.31. The Morgan fingerprint density at radius 2 is 1.82 bits per heavy atom. The topological polar surface area (TPSA) is 82.4 Å². The fraction of sp³-hybridized carbons (Fsp3) is 0.429. The smallest absolute Gasteiger partial charge is 0.338 e. The Balaban J connectivity index is 1.74. The van der Waals surface area contributed by atoms with Gasteiger partial charge in [-0.3, -0.25) is 4.79 Å². The lowest BCUT2D eigenvalue weighted by Crippen LogP contribution is -2.17. The lowest BCUT2D eigenvalue weighted by molar-refractivity contribution is 0.0473. The zero-order chi connectivity index (χ0) is 20.6. The molecule has 0 N–H and O–H groups in total. The second kappa shape index (κ2) is 7.54. The molecule has 1 fully saturated rings. The first kappa shape index (κ1) is 20.3. The third kappa shape index (κ3) is 4.04. The molecule has 0 spiro atoms. The van der Waals surface area contributed by atoms with Crippen LogP contribution < -0.4 is 0 Å². The van der Waals surface area contributed by atoms with Gasteiger partial charge in [0.15, 0.2) is 16.4 Å². The molecule has 1 aliphatic rings. The van der Waals surface area contributed by atoms with E-state index in [9.17, 15) is 18.0 Å². The second-order valence-corrected chi connectivity index (χ2v) is 9.76. The van der Waals surface area contributed by atoms with Gasteiger partial charge < -0.3 is 9.30 Å². The molecule has 1 aromatic heterocycles. The Bertz CT molecular complexity index is 1050. The Labute approximate surface area is 165 Å². The Hall–Kier alpha value is -2.41. The van der Waals surface area contributed by atoms with Crippen LogP contribution in [0.5, 0.6) is 0 Å². The predicted molar refractivity (Wildman–Crippen MR) is 107 cm³/mol. The number of hydrogen-bond acceptors (Lipinski definition) is 5. The zero-order valence-corrected chi connectivity index (χ0v) is 17.4. The number of Topliss-reactive ketones (excluding diaryl/α,β-unsaturated/α-hetero) is 1. The van der Waals surface area contributed by atoms with E-state index in [-0.39, 0.29) is 29.9 Å². The number of aryl methyl sites for hydroxylation is 3. The number of benzene rings is 1. The van der Waals surface area contributed by atoms with Gasteiger partial charge in [0.05, 0.1) is 17.1 Å². The van der Waals surface area contributed by atoms with Crippen molar-refractivity contribution in [1.29, 1.82) is 0 Å². The van der Waals surface area contributed by atoms with Crippen molar-refractivity contribution in [2.45, 2.75) is 40.2 Å². The van der Waals surface area contributed by atoms with E-state index < -0.39 is 15.8 Å². The van der Waals surface area contributed by atoms with E-state index in [0.717, 1.165) is 16.8 Å². The number of carbonyl (C=O) groups excluding carboxylic acids is 2. The normalized spacial score (nSPS) is 18.2. The van der Waals surface area contributed by atoms with Gasteiger partial charge in [0.2, 0.25) is 5.78 Å². The molecule has 1 atom stereocenters. The highest BCUT2D eigenvalue weighted by Crippen LogP contribution is 2.29. The molecule has 7 heteroatoms. The summed E-state index contributed by atoms with van der Waals surface area (Å²) in [6.07, 6.45) is 0.550. The molecule has 0 amide bonds. The summed E-state index contributed by atoms with van der Waals surface area (Å²) in [7, 11) is -3.02. The van der Waals surface area contributed by atoms with Crippen LogP contribution in [0.15, 0.2) is 24.3 Å². The van der Waals surface area contributed by atoms with Crippen LogP contribution in [0.25, 0.3) is 0 Å². The number of carbonyl (C=O) groups is 2. The van der Waals surface area contributed by atoms with Crippen molar-refractivity contribution in [2.75, 3.05) is 18.1 Å². The van der Waals surface area contributed by atoms with E-state index in [1.165, 1.54) is 0 Å². The van der Waals surface area contributed by atoms with Gasteiger partial charge in [0.1, 0.15) is 0 Å². The summed E-state index contributed by atoms with van der Waals surface area (Å²) in [4.78, 5) is 25.0. The van der Waals surface area contributed by atoms with Crippen LogP contribution >= 0.6 is 0 Å². The zero-order valence-electron chi connectivity index (χ0n) is 16.6. The van der Waals surface area contributed by atoms with Gasteiger partial charge >= 0.3 is 5.97 Å². The maximum Gasteiger partial charge on any atom is 0.338 e. The number of ketones is 1. The first-order valence-corrected chi connectivity index (χ1v) is 11.1. The summed E-state index contributed by atoms with van der Waals surface area (Å²) in [5.41, 5.74) is 4.21. The van der Waals surface area contributed by atoms with Crippen LogP contribution in [0, 0.1) is 27.7 Å². The van der Waals surface area contributed by atoms with E-state index in [2.05, 4.69) is 0 Å². The highest BCUT2D eigenvalue weighted by molar-refractivity contribution is 7.91. The summed E-state index contributed by atoms with van der Waals surface area (Å²) in [5.74, 6) is -0.548. The van der Waals surface area contributed by atoms with Gasteiger partial charge in [0, 0.05) is 23.0 Å². The van der Waals surface area contributed by atoms with Gasteiger partial charge in [-0.25, -0.2) is 13.2 Å². The lowest BCUT2D eigenvalue weighted by Gasteiger charge is -2.16. The number of rotatable bonds is 5. The molecule has 3 rings (SSSR count). The van der Waals surface area contributed by atoms with Gasteiger partial charge in [-0.1, -0.05) is 17.7 Å². The van der Waals surface area contributed by atoms with E-state index in [1.807, 2.05) is 37.5 Å². The van der Waals surface area contributed by atoms with Gasteiger partial charge in [-0.15, -0.1) is 0 Å². The molecule has 28 heavy (non-hydrogen) atoms. The highest BCUT2D eigenvalue weighted by Gasteiger charge is 2.31. The average molecular weight is 404 g/mol. The molecule has 0 radical (unpaired) electrons. The van der Waals surface area contributed by atoms with E-state index in [0.29, 0.717) is 23.2 Å². The van der Waals surface area contributed by atoms with Crippen LogP contribution in [-0.2, 0) is 14.6 Å². The molecule has 1 saturated heterocycles. The molecule has 2 aromatic rings. The van der Waals surface area contributed by atoms with Crippen molar-refractivity contribution < 1.29 is 22.7 Å². The molecule has 1 aliphatic heterocycles. The van der Waals surface area contributed by atoms with Crippen molar-refractivity contribution >= 4 is 21.6 Å². The summed E-state index contributed by atoms with van der Waals surface area (Å²) in [5, 5.41) is 0. The average Bonchev–Trinajstić information content (AvgIpc) is 3.12. The van der Waals surface area contributed by atoms with Crippen molar-refractivity contribution in [3.05, 3.63) is 57.9 Å². The number of hydrogen-bond donors (Lipinski definition) is 0. The molecule has 1 aromatic carbocycles. The lowest BCUT2D eigenvalue weighted by atomic mass is 10.1. The molecular weight excluding hydrogens is 378 g/mol. The van der Waals surface area contributed by atoms with E-state index >= 15 is 0 Å². The van der Waals surface area contributed by atoms with Gasteiger partial charge in [-0.2, -0.15) is 0 Å². The molecule has 0 bridgehead atoms. The first-order chi connectivity index (χ1) is 13.1. The largest absolute Gasteiger partial charge is 0.454 e. The quantitative estimate of drug-likeness (QED) is 0.566. The van der Waals surface area contributed by atoms with Gasteiger partial charge in [-0.05, 0) is 51.8 Å². The first-order valence-electron chi connectivity index (χ1n) is 9.25. The molecule has 0 aliphatic carbocycles. The minimum absolute atomic E-state index is 0.0958.